The summed E-state index contributed by atoms with van der Waals surface area (Å²) >= 11 is 0.908. The summed E-state index contributed by atoms with van der Waals surface area (Å²) in [5.41, 5.74) is 0.291. The molecule has 0 spiro atoms. The van der Waals surface area contributed by atoms with E-state index in [1.165, 1.54) is 4.68 Å². The van der Waals surface area contributed by atoms with Crippen molar-refractivity contribution >= 4 is 23.4 Å². The summed E-state index contributed by atoms with van der Waals surface area (Å²) < 4.78 is 1.36. The minimum atomic E-state index is -1.02. The molecule has 1 N–H and O–H groups in total. The molecule has 1 aromatic heterocycles. The molecular formula is C9H13N3O4S. The van der Waals surface area contributed by atoms with Crippen LogP contribution in [0.4, 0.5) is 5.69 Å². The Morgan fingerprint density at radius 1 is 1.65 bits per heavy atom. The molecule has 17 heavy (non-hydrogen) atoms. The van der Waals surface area contributed by atoms with Gasteiger partial charge in [0.1, 0.15) is 5.69 Å². The molecule has 0 amide bonds. The first-order valence-electron chi connectivity index (χ1n) is 4.90. The highest BCUT2D eigenvalue weighted by molar-refractivity contribution is 8.00. The van der Waals surface area contributed by atoms with E-state index in [0.29, 0.717) is 5.69 Å². The maximum Gasteiger partial charge on any atom is 0.324 e. The van der Waals surface area contributed by atoms with Crippen LogP contribution in [0.15, 0.2) is 5.03 Å². The van der Waals surface area contributed by atoms with E-state index in [2.05, 4.69) is 5.10 Å². The van der Waals surface area contributed by atoms with Gasteiger partial charge in [0.15, 0.2) is 5.03 Å². The first kappa shape index (κ1) is 13.5. The van der Waals surface area contributed by atoms with Crippen LogP contribution in [0.2, 0.25) is 0 Å². The van der Waals surface area contributed by atoms with Crippen LogP contribution in [0, 0.1) is 10.1 Å². The molecule has 7 nitrogen and oxygen atoms in total. The van der Waals surface area contributed by atoms with Gasteiger partial charge in [0.05, 0.1) is 10.7 Å². The Labute approximate surface area is 102 Å². The molecule has 0 radical (unpaired) electrons. The van der Waals surface area contributed by atoms with Crippen molar-refractivity contribution in [2.45, 2.75) is 24.8 Å². The van der Waals surface area contributed by atoms with Gasteiger partial charge in [-0.25, -0.2) is 0 Å². The monoisotopic (exact) mass is 259 g/mol. The van der Waals surface area contributed by atoms with Crippen molar-refractivity contribution in [2.75, 3.05) is 5.75 Å². The van der Waals surface area contributed by atoms with Crippen LogP contribution in [0.3, 0.4) is 0 Å². The van der Waals surface area contributed by atoms with Gasteiger partial charge in [0, 0.05) is 13.0 Å². The highest BCUT2D eigenvalue weighted by Gasteiger charge is 2.28. The van der Waals surface area contributed by atoms with E-state index < -0.39 is 10.9 Å². The van der Waals surface area contributed by atoms with Crippen molar-refractivity contribution in [1.29, 1.82) is 0 Å². The number of thioether (sulfide) groups is 1. The second-order valence-corrected chi connectivity index (χ2v) is 4.72. The van der Waals surface area contributed by atoms with Crippen molar-refractivity contribution in [1.82, 2.24) is 9.78 Å². The Hall–Kier alpha value is -1.57. The third kappa shape index (κ3) is 2.96. The fourth-order valence-corrected chi connectivity index (χ4v) is 2.17. The predicted octanol–water partition coefficient (Wildman–Crippen LogP) is 1.63. The van der Waals surface area contributed by atoms with E-state index in [-0.39, 0.29) is 22.4 Å². The average Bonchev–Trinajstić information content (AvgIpc) is 2.52. The third-order valence-electron chi connectivity index (χ3n) is 2.06. The Morgan fingerprint density at radius 3 is 2.65 bits per heavy atom. The highest BCUT2D eigenvalue weighted by atomic mass is 32.2. The molecule has 1 heterocycles. The van der Waals surface area contributed by atoms with Gasteiger partial charge >= 0.3 is 11.7 Å². The van der Waals surface area contributed by atoms with Gasteiger partial charge in [-0.1, -0.05) is 25.6 Å². The van der Waals surface area contributed by atoms with E-state index in [1.54, 1.807) is 20.9 Å². The standard InChI is InChI=1S/C9H13N3O4S/c1-5(2)7-8(12(15)16)9(11(3)10-7)17-4-6(13)14/h5H,4H2,1-3H3,(H,13,14). The molecule has 94 valence electrons. The quantitative estimate of drug-likeness (QED) is 0.490. The maximum absolute atomic E-state index is 11.0. The van der Waals surface area contributed by atoms with Crippen LogP contribution in [-0.4, -0.2) is 31.5 Å². The number of rotatable bonds is 5. The lowest BCUT2D eigenvalue weighted by molar-refractivity contribution is -0.388. The Kier molecular flexibility index (Phi) is 4.11. The SMILES string of the molecule is CC(C)c1nn(C)c(SCC(=O)O)c1[N+](=O)[O-]. The summed E-state index contributed by atoms with van der Waals surface area (Å²) in [7, 11) is 1.57. The fraction of sp³-hybridized carbons (Fsp3) is 0.556. The molecular weight excluding hydrogens is 246 g/mol. The molecule has 0 saturated heterocycles. The molecule has 0 bridgehead atoms. The molecule has 0 saturated carbocycles. The van der Waals surface area contributed by atoms with Crippen molar-refractivity contribution in [2.24, 2.45) is 7.05 Å². The van der Waals surface area contributed by atoms with Crippen LogP contribution in [0.1, 0.15) is 25.5 Å². The summed E-state index contributed by atoms with van der Waals surface area (Å²) in [5.74, 6) is -1.32. The van der Waals surface area contributed by atoms with E-state index in [9.17, 15) is 14.9 Å². The average molecular weight is 259 g/mol. The summed E-state index contributed by atoms with van der Waals surface area (Å²) in [4.78, 5) is 21.0. The van der Waals surface area contributed by atoms with Gasteiger partial charge in [0.2, 0.25) is 0 Å². The summed E-state index contributed by atoms with van der Waals surface area (Å²) in [6.07, 6.45) is 0. The van der Waals surface area contributed by atoms with E-state index in [0.717, 1.165) is 11.8 Å². The lowest BCUT2D eigenvalue weighted by Crippen LogP contribution is -2.01. The minimum Gasteiger partial charge on any atom is -0.481 e. The number of aromatic nitrogens is 2. The largest absolute Gasteiger partial charge is 0.481 e. The van der Waals surface area contributed by atoms with Gasteiger partial charge < -0.3 is 5.11 Å². The number of carbonyl (C=O) groups is 1. The topological polar surface area (TPSA) is 98.3 Å². The normalized spacial score (nSPS) is 10.8. The van der Waals surface area contributed by atoms with Crippen LogP contribution in [0.5, 0.6) is 0 Å². The first-order valence-corrected chi connectivity index (χ1v) is 5.89. The molecule has 0 unspecified atom stereocenters. The van der Waals surface area contributed by atoms with Crippen molar-refractivity contribution < 1.29 is 14.8 Å². The molecule has 1 aromatic rings. The number of hydrogen-bond acceptors (Lipinski definition) is 5. The Bertz CT molecular complexity index is 455. The molecule has 0 aliphatic rings. The van der Waals surface area contributed by atoms with E-state index in [4.69, 9.17) is 5.11 Å². The minimum absolute atomic E-state index is 0.0826. The molecule has 1 rings (SSSR count). The molecule has 0 atom stereocenters. The van der Waals surface area contributed by atoms with Crippen LogP contribution in [-0.2, 0) is 11.8 Å². The number of nitro groups is 1. The second-order valence-electron chi connectivity index (χ2n) is 3.76. The van der Waals surface area contributed by atoms with Crippen molar-refractivity contribution in [3.05, 3.63) is 15.8 Å². The van der Waals surface area contributed by atoms with Crippen LogP contribution >= 0.6 is 11.8 Å². The van der Waals surface area contributed by atoms with Crippen LogP contribution < -0.4 is 0 Å². The van der Waals surface area contributed by atoms with E-state index >= 15 is 0 Å². The number of hydrogen-bond donors (Lipinski definition) is 1. The van der Waals surface area contributed by atoms with E-state index in [1.807, 2.05) is 0 Å². The Balaban J connectivity index is 3.18. The zero-order chi connectivity index (χ0) is 13.2. The first-order chi connectivity index (χ1) is 7.84. The molecule has 8 heteroatoms. The van der Waals surface area contributed by atoms with Gasteiger partial charge in [-0.3, -0.25) is 19.6 Å². The fourth-order valence-electron chi connectivity index (χ4n) is 1.37. The van der Waals surface area contributed by atoms with Gasteiger partial charge in [-0.15, -0.1) is 0 Å². The second kappa shape index (κ2) is 5.17. The van der Waals surface area contributed by atoms with Crippen LogP contribution in [0.25, 0.3) is 0 Å². The number of carboxylic acids is 1. The highest BCUT2D eigenvalue weighted by Crippen LogP contribution is 2.35. The molecule has 0 aliphatic heterocycles. The third-order valence-corrected chi connectivity index (χ3v) is 3.18. The predicted molar refractivity (Wildman–Crippen MR) is 62.3 cm³/mol. The zero-order valence-corrected chi connectivity index (χ0v) is 10.5. The zero-order valence-electron chi connectivity index (χ0n) is 9.71. The number of aryl methyl sites for hydroxylation is 1. The number of aliphatic carboxylic acids is 1. The maximum atomic E-state index is 11.0. The Morgan fingerprint density at radius 2 is 2.24 bits per heavy atom. The smallest absolute Gasteiger partial charge is 0.324 e. The molecule has 0 aromatic carbocycles. The van der Waals surface area contributed by atoms with Crippen molar-refractivity contribution in [3.8, 4) is 0 Å². The lowest BCUT2D eigenvalue weighted by Gasteiger charge is -1.99. The van der Waals surface area contributed by atoms with Gasteiger partial charge in [-0.05, 0) is 0 Å². The summed E-state index contributed by atoms with van der Waals surface area (Å²) in [6.45, 7) is 3.61. The number of carboxylic acid groups (broad SMARTS) is 1. The summed E-state index contributed by atoms with van der Waals surface area (Å²) in [6, 6.07) is 0. The molecule has 0 aliphatic carbocycles. The molecule has 0 fully saturated rings. The van der Waals surface area contributed by atoms with Crippen molar-refractivity contribution in [3.63, 3.8) is 0 Å². The summed E-state index contributed by atoms with van der Waals surface area (Å²) in [5, 5.41) is 23.9. The lowest BCUT2D eigenvalue weighted by atomic mass is 10.1. The van der Waals surface area contributed by atoms with Gasteiger partial charge in [-0.2, -0.15) is 5.10 Å². The number of nitrogens with zero attached hydrogens (tertiary/aromatic N) is 3. The van der Waals surface area contributed by atoms with Gasteiger partial charge in [0.25, 0.3) is 0 Å².